The average Bonchev–Trinajstić information content (AvgIpc) is 2.94. The number of nitrogens with one attached hydrogen (secondary N) is 1. The summed E-state index contributed by atoms with van der Waals surface area (Å²) in [4.78, 5) is 17.3. The maximum absolute atomic E-state index is 12.9. The molecule has 2 aliphatic heterocycles. The second kappa shape index (κ2) is 6.76. The van der Waals surface area contributed by atoms with Crippen LogP contribution in [-0.2, 0) is 4.74 Å². The van der Waals surface area contributed by atoms with Gasteiger partial charge in [-0.15, -0.1) is 0 Å². The van der Waals surface area contributed by atoms with Crippen LogP contribution in [0.2, 0.25) is 0 Å². The number of urea groups is 1. The summed E-state index contributed by atoms with van der Waals surface area (Å²) in [7, 11) is 0. The third-order valence-corrected chi connectivity index (χ3v) is 6.56. The topological polar surface area (TPSA) is 44.8 Å². The summed E-state index contributed by atoms with van der Waals surface area (Å²) in [5.41, 5.74) is 2.57. The normalized spacial score (nSPS) is 30.3. The van der Waals surface area contributed by atoms with E-state index in [9.17, 15) is 4.79 Å². The highest BCUT2D eigenvalue weighted by Gasteiger charge is 2.60. The van der Waals surface area contributed by atoms with Crippen molar-refractivity contribution < 1.29 is 9.53 Å². The molecular weight excluding hydrogens is 326 g/mol. The molecule has 2 amide bonds. The lowest BCUT2D eigenvalue weighted by molar-refractivity contribution is -0.109. The molecule has 1 aliphatic carbocycles. The maximum Gasteiger partial charge on any atom is 0.317 e. The Balaban J connectivity index is 1.35. The Morgan fingerprint density at radius 2 is 1.92 bits per heavy atom. The molecule has 3 fully saturated rings. The number of benzene rings is 1. The van der Waals surface area contributed by atoms with Crippen LogP contribution >= 0.6 is 0 Å². The van der Waals surface area contributed by atoms with Crippen LogP contribution in [0.1, 0.15) is 32.3 Å². The van der Waals surface area contributed by atoms with E-state index in [4.69, 9.17) is 4.74 Å². The van der Waals surface area contributed by atoms with Gasteiger partial charge in [0.05, 0.1) is 6.10 Å². The van der Waals surface area contributed by atoms with Crippen LogP contribution < -0.4 is 10.2 Å². The summed E-state index contributed by atoms with van der Waals surface area (Å²) < 4.78 is 5.84. The first kappa shape index (κ1) is 17.7. The van der Waals surface area contributed by atoms with E-state index in [1.165, 1.54) is 11.3 Å². The first-order chi connectivity index (χ1) is 12.5. The van der Waals surface area contributed by atoms with E-state index < -0.39 is 0 Å². The predicted octanol–water partition coefficient (Wildman–Crippen LogP) is 3.03. The van der Waals surface area contributed by atoms with Gasteiger partial charge in [-0.2, -0.15) is 0 Å². The molecule has 5 nitrogen and oxygen atoms in total. The Hall–Kier alpha value is -1.75. The van der Waals surface area contributed by atoms with Crippen molar-refractivity contribution in [2.75, 3.05) is 37.7 Å². The van der Waals surface area contributed by atoms with Gasteiger partial charge in [0, 0.05) is 55.8 Å². The van der Waals surface area contributed by atoms with Crippen molar-refractivity contribution in [1.82, 2.24) is 10.2 Å². The van der Waals surface area contributed by atoms with E-state index in [2.05, 4.69) is 55.3 Å². The number of anilines is 1. The predicted molar refractivity (Wildman–Crippen MR) is 104 cm³/mol. The number of hydrogen-bond donors (Lipinski definition) is 1. The fourth-order valence-corrected chi connectivity index (χ4v) is 4.98. The largest absolute Gasteiger partial charge is 0.377 e. The highest BCUT2D eigenvalue weighted by molar-refractivity contribution is 5.75. The monoisotopic (exact) mass is 357 g/mol. The molecule has 2 saturated heterocycles. The number of hydrogen-bond acceptors (Lipinski definition) is 3. The van der Waals surface area contributed by atoms with Gasteiger partial charge < -0.3 is 19.9 Å². The molecule has 0 bridgehead atoms. The Labute approximate surface area is 156 Å². The van der Waals surface area contributed by atoms with E-state index in [0.29, 0.717) is 12.0 Å². The number of carbonyl (C=O) groups excluding carboxylic acids is 1. The SMILES string of the molecule is Cc1ccc(N2CCCN(C(=O)N[C@@H]3[C@H]4CCO[C@H]4C3(C)C)CC2)cc1. The summed E-state index contributed by atoms with van der Waals surface area (Å²) in [6, 6.07) is 9.01. The molecule has 0 unspecified atom stereocenters. The van der Waals surface area contributed by atoms with Crippen LogP contribution in [0.3, 0.4) is 0 Å². The summed E-state index contributed by atoms with van der Waals surface area (Å²) in [6.45, 7) is 10.9. The Morgan fingerprint density at radius 3 is 2.69 bits per heavy atom. The Bertz CT molecular complexity index is 658. The average molecular weight is 357 g/mol. The van der Waals surface area contributed by atoms with Crippen LogP contribution in [0, 0.1) is 18.3 Å². The minimum Gasteiger partial charge on any atom is -0.377 e. The van der Waals surface area contributed by atoms with Gasteiger partial charge in [0.15, 0.2) is 0 Å². The molecule has 2 heterocycles. The van der Waals surface area contributed by atoms with Crippen LogP contribution in [-0.4, -0.2) is 55.9 Å². The van der Waals surface area contributed by atoms with Crippen molar-refractivity contribution in [3.8, 4) is 0 Å². The van der Waals surface area contributed by atoms with Crippen LogP contribution in [0.4, 0.5) is 10.5 Å². The Kier molecular flexibility index (Phi) is 4.59. The quantitative estimate of drug-likeness (QED) is 0.885. The third kappa shape index (κ3) is 3.07. The number of carbonyl (C=O) groups is 1. The molecule has 3 aliphatic rings. The van der Waals surface area contributed by atoms with Gasteiger partial charge >= 0.3 is 6.03 Å². The van der Waals surface area contributed by atoms with Gasteiger partial charge in [0.1, 0.15) is 0 Å². The van der Waals surface area contributed by atoms with Crippen molar-refractivity contribution >= 4 is 11.7 Å². The van der Waals surface area contributed by atoms with Gasteiger partial charge in [-0.1, -0.05) is 31.5 Å². The number of nitrogens with zero attached hydrogens (tertiary/aromatic N) is 2. The molecule has 0 radical (unpaired) electrons. The first-order valence-electron chi connectivity index (χ1n) is 9.95. The van der Waals surface area contributed by atoms with Crippen LogP contribution in [0.25, 0.3) is 0 Å². The van der Waals surface area contributed by atoms with E-state index in [1.807, 2.05) is 4.90 Å². The van der Waals surface area contributed by atoms with Gasteiger partial charge in [-0.05, 0) is 31.9 Å². The summed E-state index contributed by atoms with van der Waals surface area (Å²) in [5, 5.41) is 3.33. The molecule has 4 rings (SSSR count). The number of aryl methyl sites for hydroxylation is 1. The number of rotatable bonds is 2. The zero-order valence-corrected chi connectivity index (χ0v) is 16.2. The van der Waals surface area contributed by atoms with Crippen molar-refractivity contribution in [2.45, 2.75) is 45.8 Å². The lowest BCUT2D eigenvalue weighted by Gasteiger charge is -2.54. The number of ether oxygens (including phenoxy) is 1. The van der Waals surface area contributed by atoms with E-state index in [1.54, 1.807) is 0 Å². The lowest BCUT2D eigenvalue weighted by Crippen LogP contribution is -2.68. The molecule has 1 saturated carbocycles. The summed E-state index contributed by atoms with van der Waals surface area (Å²) in [6.07, 6.45) is 2.39. The van der Waals surface area contributed by atoms with E-state index in [0.717, 1.165) is 45.6 Å². The van der Waals surface area contributed by atoms with E-state index in [-0.39, 0.29) is 17.5 Å². The molecule has 3 atom stereocenters. The highest BCUT2D eigenvalue weighted by Crippen LogP contribution is 2.52. The standard InChI is InChI=1S/C21H31N3O2/c1-15-5-7-16(8-6-15)23-10-4-11-24(13-12-23)20(25)22-18-17-9-14-26-19(17)21(18,2)3/h5-8,17-19H,4,9-14H2,1-3H3,(H,22,25)/t17-,18-,19-/m1/s1. The fourth-order valence-electron chi connectivity index (χ4n) is 4.98. The van der Waals surface area contributed by atoms with Gasteiger partial charge in [0.25, 0.3) is 0 Å². The fraction of sp³-hybridized carbons (Fsp3) is 0.667. The maximum atomic E-state index is 12.9. The van der Waals surface area contributed by atoms with Crippen LogP contribution in [0.15, 0.2) is 24.3 Å². The van der Waals surface area contributed by atoms with Crippen molar-refractivity contribution in [3.63, 3.8) is 0 Å². The zero-order valence-electron chi connectivity index (χ0n) is 16.2. The van der Waals surface area contributed by atoms with Gasteiger partial charge in [0.2, 0.25) is 0 Å². The van der Waals surface area contributed by atoms with Gasteiger partial charge in [-0.25, -0.2) is 4.79 Å². The smallest absolute Gasteiger partial charge is 0.317 e. The molecule has 1 aromatic rings. The minimum absolute atomic E-state index is 0.0383. The number of fused-ring (bicyclic) bond motifs is 1. The highest BCUT2D eigenvalue weighted by atomic mass is 16.5. The Morgan fingerprint density at radius 1 is 1.15 bits per heavy atom. The van der Waals surface area contributed by atoms with E-state index >= 15 is 0 Å². The van der Waals surface area contributed by atoms with Crippen molar-refractivity contribution in [1.29, 1.82) is 0 Å². The molecular formula is C21H31N3O2. The molecule has 0 spiro atoms. The van der Waals surface area contributed by atoms with Crippen molar-refractivity contribution in [2.24, 2.45) is 11.3 Å². The zero-order chi connectivity index (χ0) is 18.3. The second-order valence-electron chi connectivity index (χ2n) is 8.66. The molecule has 26 heavy (non-hydrogen) atoms. The first-order valence-corrected chi connectivity index (χ1v) is 9.95. The molecule has 5 heteroatoms. The molecule has 142 valence electrons. The number of amides is 2. The molecule has 1 aromatic carbocycles. The third-order valence-electron chi connectivity index (χ3n) is 6.56. The van der Waals surface area contributed by atoms with Crippen LogP contribution in [0.5, 0.6) is 0 Å². The molecule has 1 N–H and O–H groups in total. The summed E-state index contributed by atoms with van der Waals surface area (Å²) in [5.74, 6) is 0.491. The van der Waals surface area contributed by atoms with Gasteiger partial charge in [-0.3, -0.25) is 0 Å². The minimum atomic E-state index is 0.0383. The lowest BCUT2D eigenvalue weighted by atomic mass is 9.57. The second-order valence-corrected chi connectivity index (χ2v) is 8.66. The van der Waals surface area contributed by atoms with Crippen molar-refractivity contribution in [3.05, 3.63) is 29.8 Å². The summed E-state index contributed by atoms with van der Waals surface area (Å²) >= 11 is 0. The molecule has 0 aromatic heterocycles.